The molecule has 5 heteroatoms. The number of hydrogen-bond donors (Lipinski definition) is 3. The monoisotopic (exact) mass is 323 g/mol. The van der Waals surface area contributed by atoms with Gasteiger partial charge in [-0.15, -0.1) is 0 Å². The molecule has 1 aliphatic heterocycles. The molecule has 1 heterocycles. The van der Waals surface area contributed by atoms with Crippen molar-refractivity contribution in [3.8, 4) is 0 Å². The van der Waals surface area contributed by atoms with Crippen LogP contribution in [0.5, 0.6) is 0 Å². The Labute approximate surface area is 104 Å². The average molecular weight is 323 g/mol. The number of allylic oxidation sites excluding steroid dienone is 1. The predicted octanol–water partition coefficient (Wildman–Crippen LogP) is 0.959. The van der Waals surface area contributed by atoms with E-state index < -0.39 is 0 Å². The van der Waals surface area contributed by atoms with Crippen LogP contribution in [0.1, 0.15) is 12.8 Å². The SMILES string of the molecule is N=C/C(I)=C\NC1CCN(CCO)CC1. The van der Waals surface area contributed by atoms with Crippen molar-refractivity contribution in [3.05, 3.63) is 9.78 Å². The lowest BCUT2D eigenvalue weighted by molar-refractivity contribution is 0.160. The highest BCUT2D eigenvalue weighted by atomic mass is 127. The van der Waals surface area contributed by atoms with Crippen LogP contribution < -0.4 is 5.32 Å². The number of likely N-dealkylation sites (tertiary alicyclic amines) is 1. The average Bonchev–Trinajstić information content (AvgIpc) is 2.28. The lowest BCUT2D eigenvalue weighted by Gasteiger charge is -2.31. The molecule has 1 rings (SSSR count). The third-order valence-electron chi connectivity index (χ3n) is 2.60. The fourth-order valence-electron chi connectivity index (χ4n) is 1.70. The number of β-amino-alcohol motifs (C(OH)–C–C–N with tert-alkyl or cyclic N) is 1. The van der Waals surface area contributed by atoms with Crippen molar-refractivity contribution >= 4 is 28.8 Å². The Morgan fingerprint density at radius 3 is 2.73 bits per heavy atom. The summed E-state index contributed by atoms with van der Waals surface area (Å²) in [6.07, 6.45) is 5.46. The zero-order valence-electron chi connectivity index (χ0n) is 8.75. The first-order valence-corrected chi connectivity index (χ1v) is 6.29. The van der Waals surface area contributed by atoms with Gasteiger partial charge in [-0.2, -0.15) is 0 Å². The van der Waals surface area contributed by atoms with Crippen LogP contribution in [-0.4, -0.2) is 48.5 Å². The standard InChI is InChI=1S/C10H18IN3O/c11-9(7-12)8-13-10-1-3-14(4-2-10)5-6-15/h7-8,10,12-13,15H,1-6H2/b9-8+,12-7?. The number of nitrogens with zero attached hydrogens (tertiary/aromatic N) is 1. The minimum absolute atomic E-state index is 0.254. The molecule has 0 spiro atoms. The molecular formula is C10H18IN3O. The Balaban J connectivity index is 2.22. The number of piperidine rings is 1. The summed E-state index contributed by atoms with van der Waals surface area (Å²) in [7, 11) is 0. The van der Waals surface area contributed by atoms with Crippen LogP contribution in [0.3, 0.4) is 0 Å². The third kappa shape index (κ3) is 4.94. The van der Waals surface area contributed by atoms with Gasteiger partial charge in [-0.25, -0.2) is 0 Å². The van der Waals surface area contributed by atoms with E-state index >= 15 is 0 Å². The lowest BCUT2D eigenvalue weighted by atomic mass is 10.1. The maximum Gasteiger partial charge on any atom is 0.0558 e. The highest BCUT2D eigenvalue weighted by molar-refractivity contribution is 14.1. The molecule has 0 radical (unpaired) electrons. The zero-order chi connectivity index (χ0) is 11.1. The maximum absolute atomic E-state index is 8.80. The van der Waals surface area contributed by atoms with Crippen molar-refractivity contribution in [2.45, 2.75) is 18.9 Å². The van der Waals surface area contributed by atoms with Crippen molar-refractivity contribution in [1.82, 2.24) is 10.2 Å². The Morgan fingerprint density at radius 1 is 1.53 bits per heavy atom. The van der Waals surface area contributed by atoms with E-state index in [-0.39, 0.29) is 6.61 Å². The minimum Gasteiger partial charge on any atom is -0.395 e. The fraction of sp³-hybridized carbons (Fsp3) is 0.700. The molecule has 0 aliphatic carbocycles. The normalized spacial score (nSPS) is 20.3. The fourth-order valence-corrected chi connectivity index (χ4v) is 1.88. The molecule has 0 saturated carbocycles. The Bertz CT molecular complexity index is 225. The molecular weight excluding hydrogens is 305 g/mol. The van der Waals surface area contributed by atoms with Crippen LogP contribution in [0.2, 0.25) is 0 Å². The summed E-state index contributed by atoms with van der Waals surface area (Å²) in [6, 6.07) is 0.518. The van der Waals surface area contributed by atoms with Crippen LogP contribution in [0.15, 0.2) is 9.78 Å². The molecule has 0 bridgehead atoms. The summed E-state index contributed by atoms with van der Waals surface area (Å²) in [4.78, 5) is 2.28. The molecule has 3 N–H and O–H groups in total. The minimum atomic E-state index is 0.254. The van der Waals surface area contributed by atoms with E-state index in [2.05, 4.69) is 32.8 Å². The van der Waals surface area contributed by atoms with Gasteiger partial charge in [0.2, 0.25) is 0 Å². The van der Waals surface area contributed by atoms with Crippen LogP contribution in [0.25, 0.3) is 0 Å². The van der Waals surface area contributed by atoms with Crippen LogP contribution in [0, 0.1) is 5.41 Å². The van der Waals surface area contributed by atoms with E-state index in [0.717, 1.165) is 36.1 Å². The van der Waals surface area contributed by atoms with Gasteiger partial charge < -0.3 is 20.7 Å². The van der Waals surface area contributed by atoms with E-state index in [1.807, 2.05) is 6.20 Å². The van der Waals surface area contributed by atoms with Gasteiger partial charge >= 0.3 is 0 Å². The van der Waals surface area contributed by atoms with Gasteiger partial charge in [-0.3, -0.25) is 0 Å². The molecule has 0 aromatic heterocycles. The van der Waals surface area contributed by atoms with Crippen molar-refractivity contribution < 1.29 is 5.11 Å². The number of halogens is 1. The van der Waals surface area contributed by atoms with E-state index in [9.17, 15) is 0 Å². The van der Waals surface area contributed by atoms with Crippen molar-refractivity contribution in [3.63, 3.8) is 0 Å². The number of hydrogen-bond acceptors (Lipinski definition) is 4. The number of aliphatic hydroxyl groups excluding tert-OH is 1. The van der Waals surface area contributed by atoms with Gasteiger partial charge in [0.1, 0.15) is 0 Å². The number of aliphatic hydroxyl groups is 1. The van der Waals surface area contributed by atoms with Gasteiger partial charge in [0.05, 0.1) is 6.61 Å². The molecule has 15 heavy (non-hydrogen) atoms. The van der Waals surface area contributed by atoms with Crippen molar-refractivity contribution in [1.29, 1.82) is 5.41 Å². The molecule has 1 aliphatic rings. The predicted molar refractivity (Wildman–Crippen MR) is 70.6 cm³/mol. The largest absolute Gasteiger partial charge is 0.395 e. The van der Waals surface area contributed by atoms with E-state index in [0.29, 0.717) is 6.04 Å². The van der Waals surface area contributed by atoms with Crippen LogP contribution >= 0.6 is 22.6 Å². The Kier molecular flexibility index (Phi) is 6.19. The topological polar surface area (TPSA) is 59.4 Å². The maximum atomic E-state index is 8.80. The highest BCUT2D eigenvalue weighted by Crippen LogP contribution is 2.10. The summed E-state index contributed by atoms with van der Waals surface area (Å²) in [5.41, 5.74) is 0. The second kappa shape index (κ2) is 7.19. The number of nitrogens with one attached hydrogen (secondary N) is 2. The van der Waals surface area contributed by atoms with E-state index in [4.69, 9.17) is 10.5 Å². The second-order valence-corrected chi connectivity index (χ2v) is 4.93. The van der Waals surface area contributed by atoms with Crippen LogP contribution in [-0.2, 0) is 0 Å². The van der Waals surface area contributed by atoms with Crippen molar-refractivity contribution in [2.24, 2.45) is 0 Å². The summed E-state index contributed by atoms with van der Waals surface area (Å²) >= 11 is 2.13. The van der Waals surface area contributed by atoms with Crippen molar-refractivity contribution in [2.75, 3.05) is 26.2 Å². The first-order chi connectivity index (χ1) is 7.26. The summed E-state index contributed by atoms with van der Waals surface area (Å²) in [5.74, 6) is 0. The molecule has 4 nitrogen and oxygen atoms in total. The highest BCUT2D eigenvalue weighted by Gasteiger charge is 2.17. The molecule has 86 valence electrons. The van der Waals surface area contributed by atoms with E-state index in [1.165, 1.54) is 6.21 Å². The molecule has 0 amide bonds. The van der Waals surface area contributed by atoms with E-state index in [1.54, 1.807) is 0 Å². The summed E-state index contributed by atoms with van der Waals surface area (Å²) in [5, 5.41) is 19.2. The molecule has 0 unspecified atom stereocenters. The second-order valence-electron chi connectivity index (χ2n) is 3.68. The third-order valence-corrected chi connectivity index (χ3v) is 3.22. The van der Waals surface area contributed by atoms with Gasteiger partial charge in [0.15, 0.2) is 0 Å². The zero-order valence-corrected chi connectivity index (χ0v) is 10.9. The quantitative estimate of drug-likeness (QED) is 0.522. The van der Waals surface area contributed by atoms with Gasteiger partial charge in [0.25, 0.3) is 0 Å². The molecule has 0 aromatic carbocycles. The molecule has 0 aromatic rings. The van der Waals surface area contributed by atoms with Gasteiger partial charge in [-0.05, 0) is 35.4 Å². The summed E-state index contributed by atoms with van der Waals surface area (Å²) < 4.78 is 0.922. The Hall–Kier alpha value is -0.140. The molecule has 1 saturated heterocycles. The molecule has 1 fully saturated rings. The Morgan fingerprint density at radius 2 is 2.20 bits per heavy atom. The first kappa shape index (κ1) is 12.9. The summed E-state index contributed by atoms with van der Waals surface area (Å²) in [6.45, 7) is 3.14. The molecule has 0 atom stereocenters. The smallest absolute Gasteiger partial charge is 0.0558 e. The van der Waals surface area contributed by atoms with Gasteiger partial charge in [0, 0.05) is 41.7 Å². The first-order valence-electron chi connectivity index (χ1n) is 5.21. The lowest BCUT2D eigenvalue weighted by Crippen LogP contribution is -2.41. The number of rotatable bonds is 5. The van der Waals surface area contributed by atoms with Crippen LogP contribution in [0.4, 0.5) is 0 Å². The van der Waals surface area contributed by atoms with Gasteiger partial charge in [-0.1, -0.05) is 0 Å².